The monoisotopic (exact) mass is 225 g/mol. The quantitative estimate of drug-likeness (QED) is 0.499. The third-order valence-corrected chi connectivity index (χ3v) is 3.53. The van der Waals surface area contributed by atoms with Crippen molar-refractivity contribution in [3.05, 3.63) is 0 Å². The zero-order valence-electron chi connectivity index (χ0n) is 7.31. The number of aliphatic hydroxyl groups excluding tert-OH is 1. The number of thioether (sulfide) groups is 2. The van der Waals surface area contributed by atoms with Gasteiger partial charge in [-0.3, -0.25) is 4.79 Å². The van der Waals surface area contributed by atoms with E-state index in [9.17, 15) is 4.79 Å². The van der Waals surface area contributed by atoms with Crippen LogP contribution in [0, 0.1) is 0 Å². The first-order chi connectivity index (χ1) is 6.18. The van der Waals surface area contributed by atoms with Crippen molar-refractivity contribution >= 4 is 29.5 Å². The summed E-state index contributed by atoms with van der Waals surface area (Å²) in [6, 6.07) is -0.757. The van der Waals surface area contributed by atoms with E-state index >= 15 is 0 Å². The van der Waals surface area contributed by atoms with Crippen LogP contribution in [0.1, 0.15) is 0 Å². The first kappa shape index (κ1) is 13.1. The Kier molecular flexibility index (Phi) is 8.74. The van der Waals surface area contributed by atoms with Crippen molar-refractivity contribution in [3.63, 3.8) is 0 Å². The Morgan fingerprint density at radius 1 is 1.31 bits per heavy atom. The molecule has 4 nitrogen and oxygen atoms in total. The lowest BCUT2D eigenvalue weighted by molar-refractivity contribution is -0.137. The van der Waals surface area contributed by atoms with E-state index in [0.29, 0.717) is 5.75 Å². The Morgan fingerprint density at radius 2 is 1.92 bits per heavy atom. The molecule has 0 aromatic heterocycles. The summed E-state index contributed by atoms with van der Waals surface area (Å²) in [4.78, 5) is 10.3. The van der Waals surface area contributed by atoms with Gasteiger partial charge < -0.3 is 15.9 Å². The van der Waals surface area contributed by atoms with Gasteiger partial charge in [-0.2, -0.15) is 23.5 Å². The van der Waals surface area contributed by atoms with Gasteiger partial charge >= 0.3 is 5.97 Å². The zero-order valence-corrected chi connectivity index (χ0v) is 8.94. The smallest absolute Gasteiger partial charge is 0.321 e. The molecule has 0 saturated heterocycles. The Balaban J connectivity index is 3.11. The molecule has 0 aliphatic carbocycles. The molecule has 13 heavy (non-hydrogen) atoms. The number of carbonyl (C=O) groups is 1. The largest absolute Gasteiger partial charge is 0.480 e. The Hall–Kier alpha value is 0.0900. The van der Waals surface area contributed by atoms with Crippen molar-refractivity contribution in [2.45, 2.75) is 6.04 Å². The molecule has 0 aliphatic rings. The fourth-order valence-corrected chi connectivity index (χ4v) is 2.41. The number of nitrogens with two attached hydrogens (primary N) is 1. The highest BCUT2D eigenvalue weighted by molar-refractivity contribution is 8.02. The number of carboxylic acid groups (broad SMARTS) is 1. The maximum atomic E-state index is 10.3. The minimum absolute atomic E-state index is 0.198. The highest BCUT2D eigenvalue weighted by Gasteiger charge is 2.10. The van der Waals surface area contributed by atoms with Crippen LogP contribution in [0.15, 0.2) is 0 Å². The van der Waals surface area contributed by atoms with Crippen LogP contribution in [-0.4, -0.2) is 51.8 Å². The van der Waals surface area contributed by atoms with E-state index in [1.807, 2.05) is 0 Å². The molecule has 6 heteroatoms. The van der Waals surface area contributed by atoms with E-state index in [1.54, 1.807) is 11.8 Å². The van der Waals surface area contributed by atoms with Crippen LogP contribution in [0.25, 0.3) is 0 Å². The normalized spacial score (nSPS) is 12.8. The van der Waals surface area contributed by atoms with E-state index in [4.69, 9.17) is 15.9 Å². The van der Waals surface area contributed by atoms with E-state index in [-0.39, 0.29) is 6.61 Å². The van der Waals surface area contributed by atoms with Crippen molar-refractivity contribution in [1.29, 1.82) is 0 Å². The summed E-state index contributed by atoms with van der Waals surface area (Å²) in [5, 5.41) is 16.9. The van der Waals surface area contributed by atoms with Crippen molar-refractivity contribution in [2.75, 3.05) is 29.6 Å². The first-order valence-electron chi connectivity index (χ1n) is 3.93. The summed E-state index contributed by atoms with van der Waals surface area (Å²) in [6.45, 7) is 0.198. The predicted molar refractivity (Wildman–Crippen MR) is 57.3 cm³/mol. The van der Waals surface area contributed by atoms with E-state index in [1.165, 1.54) is 11.8 Å². The Bertz CT molecular complexity index is 146. The predicted octanol–water partition coefficient (Wildman–Crippen LogP) is -0.143. The molecule has 1 unspecified atom stereocenters. The molecule has 0 fully saturated rings. The third kappa shape index (κ3) is 8.42. The second kappa shape index (κ2) is 8.68. The summed E-state index contributed by atoms with van der Waals surface area (Å²) in [6.07, 6.45) is 0. The molecular weight excluding hydrogens is 210 g/mol. The number of hydrogen-bond donors (Lipinski definition) is 3. The van der Waals surface area contributed by atoms with Gasteiger partial charge in [0.25, 0.3) is 0 Å². The number of hydrogen-bond acceptors (Lipinski definition) is 5. The molecule has 0 saturated carbocycles. The summed E-state index contributed by atoms with van der Waals surface area (Å²) in [7, 11) is 0. The SMILES string of the molecule is NC(CSCCSCCO)C(=O)O. The number of aliphatic carboxylic acids is 1. The van der Waals surface area contributed by atoms with Crippen LogP contribution in [0.4, 0.5) is 0 Å². The summed E-state index contributed by atoms with van der Waals surface area (Å²) in [5.74, 6) is 2.06. The maximum Gasteiger partial charge on any atom is 0.321 e. The highest BCUT2D eigenvalue weighted by atomic mass is 32.2. The summed E-state index contributed by atoms with van der Waals surface area (Å²) >= 11 is 3.19. The summed E-state index contributed by atoms with van der Waals surface area (Å²) in [5.41, 5.74) is 5.29. The zero-order chi connectivity index (χ0) is 10.1. The maximum absolute atomic E-state index is 10.3. The van der Waals surface area contributed by atoms with Gasteiger partial charge in [0.2, 0.25) is 0 Å². The van der Waals surface area contributed by atoms with Crippen LogP contribution < -0.4 is 5.73 Å². The molecule has 0 radical (unpaired) electrons. The molecule has 4 N–H and O–H groups in total. The molecular formula is C7H15NO3S2. The second-order valence-electron chi connectivity index (χ2n) is 2.36. The minimum atomic E-state index is -0.949. The van der Waals surface area contributed by atoms with Gasteiger partial charge in [0.15, 0.2) is 0 Å². The standard InChI is InChI=1S/C7H15NO3S2/c8-6(7(10)11)5-13-4-3-12-2-1-9/h6,9H,1-5,8H2,(H,10,11). The van der Waals surface area contributed by atoms with Crippen LogP contribution in [0.2, 0.25) is 0 Å². The average Bonchev–Trinajstić information content (AvgIpc) is 2.10. The van der Waals surface area contributed by atoms with Gasteiger partial charge in [-0.1, -0.05) is 0 Å². The van der Waals surface area contributed by atoms with E-state index < -0.39 is 12.0 Å². The summed E-state index contributed by atoms with van der Waals surface area (Å²) < 4.78 is 0. The Morgan fingerprint density at radius 3 is 2.46 bits per heavy atom. The fraction of sp³-hybridized carbons (Fsp3) is 0.857. The van der Waals surface area contributed by atoms with Crippen molar-refractivity contribution in [3.8, 4) is 0 Å². The van der Waals surface area contributed by atoms with Gasteiger partial charge in [-0.05, 0) is 0 Å². The Labute approximate surface area is 86.3 Å². The lowest BCUT2D eigenvalue weighted by Gasteiger charge is -2.05. The molecule has 0 aromatic rings. The molecule has 0 bridgehead atoms. The molecule has 1 atom stereocenters. The van der Waals surface area contributed by atoms with Crippen molar-refractivity contribution in [1.82, 2.24) is 0 Å². The van der Waals surface area contributed by atoms with Crippen LogP contribution in [0.3, 0.4) is 0 Å². The molecule has 78 valence electrons. The van der Waals surface area contributed by atoms with Crippen molar-refractivity contribution in [2.24, 2.45) is 5.73 Å². The number of carboxylic acids is 1. The molecule has 0 aromatic carbocycles. The molecule has 0 rings (SSSR count). The number of rotatable bonds is 8. The van der Waals surface area contributed by atoms with Gasteiger partial charge in [0.1, 0.15) is 6.04 Å². The lowest BCUT2D eigenvalue weighted by Crippen LogP contribution is -2.32. The minimum Gasteiger partial charge on any atom is -0.480 e. The molecule has 0 heterocycles. The van der Waals surface area contributed by atoms with Gasteiger partial charge in [-0.15, -0.1) is 0 Å². The van der Waals surface area contributed by atoms with Crippen molar-refractivity contribution < 1.29 is 15.0 Å². The van der Waals surface area contributed by atoms with Gasteiger partial charge in [0, 0.05) is 23.0 Å². The molecule has 0 spiro atoms. The van der Waals surface area contributed by atoms with Crippen LogP contribution in [-0.2, 0) is 4.79 Å². The van der Waals surface area contributed by atoms with E-state index in [2.05, 4.69) is 0 Å². The third-order valence-electron chi connectivity index (χ3n) is 1.22. The topological polar surface area (TPSA) is 83.5 Å². The van der Waals surface area contributed by atoms with Crippen LogP contribution >= 0.6 is 23.5 Å². The molecule has 0 amide bonds. The average molecular weight is 225 g/mol. The second-order valence-corrected chi connectivity index (χ2v) is 4.73. The number of aliphatic hydroxyl groups is 1. The van der Waals surface area contributed by atoms with E-state index in [0.717, 1.165) is 17.3 Å². The lowest BCUT2D eigenvalue weighted by atomic mass is 10.4. The highest BCUT2D eigenvalue weighted by Crippen LogP contribution is 2.07. The van der Waals surface area contributed by atoms with Gasteiger partial charge in [-0.25, -0.2) is 0 Å². The van der Waals surface area contributed by atoms with Crippen LogP contribution in [0.5, 0.6) is 0 Å². The first-order valence-corrected chi connectivity index (χ1v) is 6.24. The fourth-order valence-electron chi connectivity index (χ4n) is 0.566. The molecule has 0 aliphatic heterocycles. The van der Waals surface area contributed by atoms with Gasteiger partial charge in [0.05, 0.1) is 6.61 Å².